The molecule has 0 bridgehead atoms. The first-order chi connectivity index (χ1) is 18.7. The molecule has 2 aromatic rings. The third kappa shape index (κ3) is 6.40. The Morgan fingerprint density at radius 1 is 1.18 bits per heavy atom. The Hall–Kier alpha value is -3.07. The van der Waals surface area contributed by atoms with Gasteiger partial charge < -0.3 is 29.0 Å². The number of aliphatic hydroxyl groups is 1. The van der Waals surface area contributed by atoms with Gasteiger partial charge in [0.25, 0.3) is 5.91 Å². The Morgan fingerprint density at radius 2 is 1.92 bits per heavy atom. The molecule has 2 aromatic carbocycles. The lowest BCUT2D eigenvalue weighted by Crippen LogP contribution is -2.48. The largest absolute Gasteiger partial charge is 0.493 e. The first kappa shape index (κ1) is 27.5. The number of aliphatic hydroxyl groups excluding tert-OH is 1. The van der Waals surface area contributed by atoms with Crippen molar-refractivity contribution in [2.24, 2.45) is 0 Å². The van der Waals surface area contributed by atoms with Gasteiger partial charge in [-0.1, -0.05) is 42.0 Å². The number of methoxy groups -OCH3 is 1. The van der Waals surface area contributed by atoms with E-state index in [4.69, 9.17) is 18.9 Å². The van der Waals surface area contributed by atoms with E-state index in [9.17, 15) is 9.90 Å². The normalized spacial score (nSPS) is 23.2. The van der Waals surface area contributed by atoms with Crippen molar-refractivity contribution in [1.29, 1.82) is 0 Å². The molecular formula is C31H40N2O6. The summed E-state index contributed by atoms with van der Waals surface area (Å²) < 4.78 is 23.1. The number of fused-ring (bicyclic) bond motifs is 1. The van der Waals surface area contributed by atoms with Crippen LogP contribution in [0.5, 0.6) is 17.2 Å². The van der Waals surface area contributed by atoms with Crippen molar-refractivity contribution < 1.29 is 28.8 Å². The van der Waals surface area contributed by atoms with Gasteiger partial charge in [-0.2, -0.15) is 0 Å². The Labute approximate surface area is 231 Å². The molecule has 3 aliphatic rings. The van der Waals surface area contributed by atoms with Crippen LogP contribution in [0.4, 0.5) is 0 Å². The van der Waals surface area contributed by atoms with Crippen LogP contribution in [-0.2, 0) is 4.74 Å². The third-order valence-electron chi connectivity index (χ3n) is 7.66. The minimum atomic E-state index is -0.837. The summed E-state index contributed by atoms with van der Waals surface area (Å²) in [6, 6.07) is 14.0. The molecule has 2 fully saturated rings. The fourth-order valence-corrected chi connectivity index (χ4v) is 5.96. The summed E-state index contributed by atoms with van der Waals surface area (Å²) in [5.74, 6) is 0.530. The summed E-state index contributed by atoms with van der Waals surface area (Å²) in [7, 11) is 1.56. The van der Waals surface area contributed by atoms with E-state index >= 15 is 0 Å². The van der Waals surface area contributed by atoms with E-state index in [-0.39, 0.29) is 11.9 Å². The highest BCUT2D eigenvalue weighted by Crippen LogP contribution is 2.47. The summed E-state index contributed by atoms with van der Waals surface area (Å²) in [6.07, 6.45) is 4.24. The lowest BCUT2D eigenvalue weighted by atomic mass is 10.0. The molecule has 8 heteroatoms. The molecule has 2 atom stereocenters. The van der Waals surface area contributed by atoms with Crippen LogP contribution >= 0.6 is 0 Å². The molecular weight excluding hydrogens is 496 g/mol. The molecule has 0 radical (unpaired) electrons. The zero-order valence-electron chi connectivity index (χ0n) is 23.4. The molecule has 210 valence electrons. The van der Waals surface area contributed by atoms with Gasteiger partial charge in [-0.3, -0.25) is 9.69 Å². The topological polar surface area (TPSA) is 80.7 Å². The molecule has 1 N–H and O–H groups in total. The molecule has 0 aliphatic carbocycles. The van der Waals surface area contributed by atoms with Crippen molar-refractivity contribution >= 4 is 12.0 Å². The third-order valence-corrected chi connectivity index (χ3v) is 7.66. The van der Waals surface area contributed by atoms with Crippen LogP contribution < -0.4 is 14.2 Å². The van der Waals surface area contributed by atoms with E-state index < -0.39 is 11.9 Å². The van der Waals surface area contributed by atoms with Crippen molar-refractivity contribution in [1.82, 2.24) is 9.80 Å². The molecule has 0 spiro atoms. The van der Waals surface area contributed by atoms with E-state index in [1.165, 1.54) is 0 Å². The SMILES string of the molecule is COc1cc(C(=O)N(C/C(C)=C/c2ccccc2)C[C@@H]2CC(O)CN2C2CCOCC2)cc2c1OC(C)(C)O2. The molecule has 5 rings (SSSR count). The van der Waals surface area contributed by atoms with Gasteiger partial charge in [0, 0.05) is 64.3 Å². The maximum Gasteiger partial charge on any atom is 0.254 e. The number of β-amino-alcohol motifs (C(OH)–C–C–N with tert-alkyl or cyclic N) is 1. The van der Waals surface area contributed by atoms with Crippen LogP contribution in [0, 0.1) is 0 Å². The Bertz CT molecular complexity index is 1190. The number of carbonyl (C=O) groups is 1. The molecule has 1 amide bonds. The summed E-state index contributed by atoms with van der Waals surface area (Å²) in [5.41, 5.74) is 2.64. The van der Waals surface area contributed by atoms with Gasteiger partial charge >= 0.3 is 0 Å². The van der Waals surface area contributed by atoms with Crippen LogP contribution in [0.25, 0.3) is 6.08 Å². The Kier molecular flexibility index (Phi) is 8.16. The number of carbonyl (C=O) groups excluding carboxylic acids is 1. The molecule has 8 nitrogen and oxygen atoms in total. The van der Waals surface area contributed by atoms with Gasteiger partial charge in [-0.15, -0.1) is 0 Å². The van der Waals surface area contributed by atoms with Crippen LogP contribution in [0.1, 0.15) is 56.0 Å². The molecule has 1 unspecified atom stereocenters. The lowest BCUT2D eigenvalue weighted by molar-refractivity contribution is -0.0439. The van der Waals surface area contributed by atoms with Crippen molar-refractivity contribution in [2.75, 3.05) is 40.0 Å². The minimum Gasteiger partial charge on any atom is -0.493 e. The molecule has 3 heterocycles. The maximum atomic E-state index is 14.2. The summed E-state index contributed by atoms with van der Waals surface area (Å²) in [6.45, 7) is 8.78. The summed E-state index contributed by atoms with van der Waals surface area (Å²) in [5, 5.41) is 10.6. The van der Waals surface area contributed by atoms with Crippen LogP contribution in [-0.4, -0.2) is 84.7 Å². The van der Waals surface area contributed by atoms with Gasteiger partial charge in [-0.25, -0.2) is 0 Å². The fraction of sp³-hybridized carbons (Fsp3) is 0.516. The number of likely N-dealkylation sites (tertiary alicyclic amines) is 1. The van der Waals surface area contributed by atoms with E-state index in [1.54, 1.807) is 19.2 Å². The van der Waals surface area contributed by atoms with E-state index in [0.29, 0.717) is 54.9 Å². The van der Waals surface area contributed by atoms with E-state index in [1.807, 2.05) is 36.9 Å². The van der Waals surface area contributed by atoms with Crippen molar-refractivity contribution in [3.8, 4) is 17.2 Å². The van der Waals surface area contributed by atoms with Gasteiger partial charge in [0.05, 0.1) is 13.2 Å². The van der Waals surface area contributed by atoms with Crippen molar-refractivity contribution in [2.45, 2.75) is 64.0 Å². The first-order valence-corrected chi connectivity index (χ1v) is 13.9. The molecule has 3 aliphatic heterocycles. The summed E-state index contributed by atoms with van der Waals surface area (Å²) >= 11 is 0. The van der Waals surface area contributed by atoms with Crippen molar-refractivity contribution in [3.63, 3.8) is 0 Å². The predicted octanol–water partition coefficient (Wildman–Crippen LogP) is 4.36. The molecule has 2 saturated heterocycles. The highest BCUT2D eigenvalue weighted by molar-refractivity contribution is 5.96. The Balaban J connectivity index is 1.44. The second kappa shape index (κ2) is 11.6. The number of benzene rings is 2. The van der Waals surface area contributed by atoms with Gasteiger partial charge in [0.2, 0.25) is 11.5 Å². The number of ether oxygens (including phenoxy) is 4. The minimum absolute atomic E-state index is 0.0615. The summed E-state index contributed by atoms with van der Waals surface area (Å²) in [4.78, 5) is 18.5. The van der Waals surface area contributed by atoms with Crippen LogP contribution in [0.2, 0.25) is 0 Å². The number of hydrogen-bond donors (Lipinski definition) is 1. The van der Waals surface area contributed by atoms with Gasteiger partial charge in [-0.05, 0) is 43.9 Å². The average molecular weight is 537 g/mol. The van der Waals surface area contributed by atoms with E-state index in [0.717, 1.165) is 37.2 Å². The predicted molar refractivity (Wildman–Crippen MR) is 149 cm³/mol. The second-order valence-corrected chi connectivity index (χ2v) is 11.3. The highest BCUT2D eigenvalue weighted by Gasteiger charge is 2.39. The number of nitrogens with zero attached hydrogens (tertiary/aromatic N) is 2. The highest BCUT2D eigenvalue weighted by atomic mass is 16.7. The second-order valence-electron chi connectivity index (χ2n) is 11.3. The standard InChI is InChI=1S/C31H40N2O6/c1-21(14-22-8-6-5-7-9-22)18-32(19-25-17-26(34)20-33(25)24-10-12-37-13-11-24)30(35)23-15-27(36-4)29-28(16-23)38-31(2,3)39-29/h5-9,14-16,24-26,34H,10-13,17-20H2,1-4H3/b21-14+/t25-,26?/m0/s1. The molecule has 39 heavy (non-hydrogen) atoms. The number of amides is 1. The molecule has 0 saturated carbocycles. The monoisotopic (exact) mass is 536 g/mol. The van der Waals surface area contributed by atoms with Crippen molar-refractivity contribution in [3.05, 3.63) is 59.2 Å². The maximum absolute atomic E-state index is 14.2. The van der Waals surface area contributed by atoms with Crippen LogP contribution in [0.3, 0.4) is 0 Å². The zero-order chi connectivity index (χ0) is 27.6. The lowest BCUT2D eigenvalue weighted by Gasteiger charge is -2.37. The van der Waals surface area contributed by atoms with E-state index in [2.05, 4.69) is 30.0 Å². The first-order valence-electron chi connectivity index (χ1n) is 13.9. The average Bonchev–Trinajstić information content (AvgIpc) is 3.45. The van der Waals surface area contributed by atoms with Gasteiger partial charge in [0.1, 0.15) is 0 Å². The number of rotatable bonds is 8. The fourth-order valence-electron chi connectivity index (χ4n) is 5.96. The molecule has 0 aromatic heterocycles. The van der Waals surface area contributed by atoms with Gasteiger partial charge in [0.15, 0.2) is 11.5 Å². The number of hydrogen-bond acceptors (Lipinski definition) is 7. The van der Waals surface area contributed by atoms with Crippen LogP contribution in [0.15, 0.2) is 48.0 Å². The zero-order valence-corrected chi connectivity index (χ0v) is 23.4. The quantitative estimate of drug-likeness (QED) is 0.537. The Morgan fingerprint density at radius 3 is 2.64 bits per heavy atom. The smallest absolute Gasteiger partial charge is 0.254 e.